The van der Waals surface area contributed by atoms with Crippen LogP contribution < -0.4 is 11.1 Å². The van der Waals surface area contributed by atoms with E-state index in [-0.39, 0.29) is 21.5 Å². The van der Waals surface area contributed by atoms with Crippen molar-refractivity contribution in [1.82, 2.24) is 10.2 Å². The molecule has 4 rings (SSSR count). The number of thiophene rings is 1. The van der Waals surface area contributed by atoms with Gasteiger partial charge in [0.05, 0.1) is 32.1 Å². The Morgan fingerprint density at radius 2 is 1.95 bits per heavy atom. The normalized spacial score (nSPS) is 14.4. The Hall–Kier alpha value is -2.70. The summed E-state index contributed by atoms with van der Waals surface area (Å²) in [5, 5.41) is 10.7. The van der Waals surface area contributed by atoms with Crippen LogP contribution in [-0.2, 0) is 14.6 Å². The van der Waals surface area contributed by atoms with Gasteiger partial charge in [-0.1, -0.05) is 18.2 Å². The van der Waals surface area contributed by atoms with Crippen LogP contribution in [0, 0.1) is 12.3 Å². The van der Waals surface area contributed by atoms with E-state index in [9.17, 15) is 13.2 Å². The van der Waals surface area contributed by atoms with Gasteiger partial charge >= 0.3 is 0 Å². The van der Waals surface area contributed by atoms with Crippen LogP contribution in [0.3, 0.4) is 0 Å². The zero-order valence-corrected chi connectivity index (χ0v) is 23.9. The number of amidine groups is 1. The number of hydrogen-bond acceptors (Lipinski definition) is 8. The second kappa shape index (κ2) is 12.4. The maximum Gasteiger partial charge on any atom is 0.251 e. The number of nitrogen functional groups attached to an aromatic ring is 1. The Labute approximate surface area is 232 Å². The molecular weight excluding hydrogens is 541 g/mol. The molecule has 11 heteroatoms. The number of amides is 1. The highest BCUT2D eigenvalue weighted by molar-refractivity contribution is 8.01. The number of rotatable bonds is 10. The van der Waals surface area contributed by atoms with Crippen LogP contribution >= 0.6 is 23.1 Å². The molecule has 0 radical (unpaired) electrons. The molecule has 1 aliphatic heterocycles. The van der Waals surface area contributed by atoms with Crippen molar-refractivity contribution in [3.63, 3.8) is 0 Å². The van der Waals surface area contributed by atoms with Crippen molar-refractivity contribution in [1.29, 1.82) is 5.41 Å². The number of carbonyl (C=O) groups excluding carboxylic acids is 1. The molecule has 202 valence electrons. The van der Waals surface area contributed by atoms with Crippen LogP contribution in [0.25, 0.3) is 11.1 Å². The minimum atomic E-state index is -3.84. The molecule has 8 nitrogen and oxygen atoms in total. The summed E-state index contributed by atoms with van der Waals surface area (Å²) in [5.41, 5.74) is 8.57. The van der Waals surface area contributed by atoms with Gasteiger partial charge in [0.2, 0.25) is 9.84 Å². The summed E-state index contributed by atoms with van der Waals surface area (Å²) in [6, 6.07) is 13.7. The summed E-state index contributed by atoms with van der Waals surface area (Å²) in [6.45, 7) is 6.79. The molecule has 1 fully saturated rings. The fourth-order valence-electron chi connectivity index (χ4n) is 4.28. The molecule has 0 atom stereocenters. The van der Waals surface area contributed by atoms with Crippen molar-refractivity contribution in [2.45, 2.75) is 27.3 Å². The van der Waals surface area contributed by atoms with E-state index in [1.54, 1.807) is 30.5 Å². The maximum absolute atomic E-state index is 13.6. The summed E-state index contributed by atoms with van der Waals surface area (Å²) in [5.74, 6) is -0.316. The fourth-order valence-corrected chi connectivity index (χ4v) is 8.19. The summed E-state index contributed by atoms with van der Waals surface area (Å²) in [4.78, 5) is 15.9. The number of aryl methyl sites for hydroxylation is 1. The van der Waals surface area contributed by atoms with E-state index in [2.05, 4.69) is 10.2 Å². The molecule has 2 heterocycles. The molecule has 0 aliphatic carbocycles. The SMILES string of the molecule is CSc1sc(C(=N)N)cc1S(=O)(=O)c1cccc(-c2cc(C(=O)NCCCN3CCOCC3)ccc2C)c1. The first kappa shape index (κ1) is 28.3. The quantitative estimate of drug-likeness (QED) is 0.145. The third-order valence-corrected chi connectivity index (χ3v) is 10.7. The van der Waals surface area contributed by atoms with Crippen LogP contribution in [0.2, 0.25) is 0 Å². The monoisotopic (exact) mass is 572 g/mol. The van der Waals surface area contributed by atoms with Crippen molar-refractivity contribution < 1.29 is 17.9 Å². The Morgan fingerprint density at radius 3 is 2.66 bits per heavy atom. The van der Waals surface area contributed by atoms with Crippen molar-refractivity contribution >= 4 is 44.7 Å². The fraction of sp³-hybridized carbons (Fsp3) is 0.333. The number of benzene rings is 2. The molecule has 0 bridgehead atoms. The van der Waals surface area contributed by atoms with Gasteiger partial charge in [-0.2, -0.15) is 0 Å². The van der Waals surface area contributed by atoms with Gasteiger partial charge in [-0.25, -0.2) is 8.42 Å². The maximum atomic E-state index is 13.6. The number of morpholine rings is 1. The van der Waals surface area contributed by atoms with E-state index in [0.717, 1.165) is 50.4 Å². The highest BCUT2D eigenvalue weighted by Gasteiger charge is 2.25. The van der Waals surface area contributed by atoms with Gasteiger partial charge in [0, 0.05) is 25.2 Å². The third kappa shape index (κ3) is 6.47. The number of nitrogens with one attached hydrogen (secondary N) is 2. The zero-order chi connectivity index (χ0) is 27.3. The van der Waals surface area contributed by atoms with Gasteiger partial charge in [-0.05, 0) is 73.2 Å². The molecule has 1 saturated heterocycles. The van der Waals surface area contributed by atoms with Crippen LogP contribution in [-0.4, -0.2) is 70.7 Å². The molecule has 0 saturated carbocycles. The van der Waals surface area contributed by atoms with E-state index >= 15 is 0 Å². The average molecular weight is 573 g/mol. The van der Waals surface area contributed by atoms with Crippen molar-refractivity contribution in [2.24, 2.45) is 5.73 Å². The predicted molar refractivity (Wildman–Crippen MR) is 153 cm³/mol. The third-order valence-electron chi connectivity index (χ3n) is 6.40. The van der Waals surface area contributed by atoms with Crippen molar-refractivity contribution in [2.75, 3.05) is 45.6 Å². The van der Waals surface area contributed by atoms with Crippen LogP contribution in [0.1, 0.15) is 27.2 Å². The van der Waals surface area contributed by atoms with Gasteiger partial charge in [-0.15, -0.1) is 23.1 Å². The topological polar surface area (TPSA) is 126 Å². The lowest BCUT2D eigenvalue weighted by molar-refractivity contribution is 0.0374. The molecule has 38 heavy (non-hydrogen) atoms. The van der Waals surface area contributed by atoms with E-state index in [4.69, 9.17) is 15.9 Å². The van der Waals surface area contributed by atoms with E-state index in [1.807, 2.05) is 25.1 Å². The Balaban J connectivity index is 1.53. The van der Waals surface area contributed by atoms with Gasteiger partial charge in [0.25, 0.3) is 5.91 Å². The second-order valence-electron chi connectivity index (χ2n) is 9.00. The number of nitrogens with zero attached hydrogens (tertiary/aromatic N) is 1. The molecule has 0 spiro atoms. The summed E-state index contributed by atoms with van der Waals surface area (Å²) in [6.07, 6.45) is 2.66. The molecular formula is C27H32N4O4S3. The average Bonchev–Trinajstić information content (AvgIpc) is 3.38. The van der Waals surface area contributed by atoms with Crippen LogP contribution in [0.15, 0.2) is 62.5 Å². The van der Waals surface area contributed by atoms with Crippen molar-refractivity contribution in [3.05, 3.63) is 64.5 Å². The lowest BCUT2D eigenvalue weighted by Crippen LogP contribution is -2.38. The smallest absolute Gasteiger partial charge is 0.251 e. The summed E-state index contributed by atoms with van der Waals surface area (Å²) >= 11 is 2.51. The molecule has 1 aliphatic rings. The first-order valence-electron chi connectivity index (χ1n) is 12.3. The van der Waals surface area contributed by atoms with Crippen LogP contribution in [0.4, 0.5) is 0 Å². The highest BCUT2D eigenvalue weighted by atomic mass is 32.2. The van der Waals surface area contributed by atoms with Crippen LogP contribution in [0.5, 0.6) is 0 Å². The molecule has 3 aromatic rings. The lowest BCUT2D eigenvalue weighted by atomic mass is 9.98. The van der Waals surface area contributed by atoms with Gasteiger partial charge < -0.3 is 15.8 Å². The lowest BCUT2D eigenvalue weighted by Gasteiger charge is -2.26. The minimum Gasteiger partial charge on any atom is -0.383 e. The van der Waals surface area contributed by atoms with E-state index in [0.29, 0.717) is 26.8 Å². The first-order chi connectivity index (χ1) is 18.2. The number of hydrogen-bond donors (Lipinski definition) is 3. The molecule has 1 aromatic heterocycles. The number of thioether (sulfide) groups is 1. The minimum absolute atomic E-state index is 0.149. The van der Waals surface area contributed by atoms with Crippen molar-refractivity contribution in [3.8, 4) is 11.1 Å². The van der Waals surface area contributed by atoms with Gasteiger partial charge in [0.15, 0.2) is 0 Å². The van der Waals surface area contributed by atoms with E-state index in [1.165, 1.54) is 29.2 Å². The van der Waals surface area contributed by atoms with Gasteiger partial charge in [-0.3, -0.25) is 15.1 Å². The predicted octanol–water partition coefficient (Wildman–Crippen LogP) is 4.01. The number of carbonyl (C=O) groups is 1. The Kier molecular flexibility index (Phi) is 9.27. The molecule has 0 unspecified atom stereocenters. The first-order valence-corrected chi connectivity index (χ1v) is 15.8. The number of nitrogens with two attached hydrogens (primary N) is 1. The summed E-state index contributed by atoms with van der Waals surface area (Å²) in [7, 11) is -3.84. The largest absolute Gasteiger partial charge is 0.383 e. The molecule has 4 N–H and O–H groups in total. The number of ether oxygens (including phenoxy) is 1. The second-order valence-corrected chi connectivity index (χ2v) is 13.0. The molecule has 1 amide bonds. The van der Waals surface area contributed by atoms with E-state index < -0.39 is 9.84 Å². The standard InChI is InChI=1S/C27H32N4O4S3/c1-18-7-8-20(26(32)30-9-4-10-31-11-13-35-14-12-31)16-22(18)19-5-3-6-21(15-19)38(33,34)24-17-23(25(28)29)37-27(24)36-2/h3,5-8,15-17H,4,9-14H2,1-2H3,(H3,28,29)(H,30,32). The Morgan fingerprint density at radius 1 is 1.18 bits per heavy atom. The Bertz CT molecular complexity index is 1430. The highest BCUT2D eigenvalue weighted by Crippen LogP contribution is 2.38. The number of sulfone groups is 1. The molecule has 2 aromatic carbocycles. The van der Waals surface area contributed by atoms with Gasteiger partial charge in [0.1, 0.15) is 5.84 Å². The summed E-state index contributed by atoms with van der Waals surface area (Å²) < 4.78 is 33.1. The zero-order valence-electron chi connectivity index (χ0n) is 21.5.